The number of pyridine rings is 1. The monoisotopic (exact) mass is 424 g/mol. The lowest BCUT2D eigenvalue weighted by molar-refractivity contribution is -0.121. The predicted molar refractivity (Wildman–Crippen MR) is 126 cm³/mol. The molecule has 0 bridgehead atoms. The van der Waals surface area contributed by atoms with Crippen LogP contribution in [0.5, 0.6) is 0 Å². The molecule has 0 spiro atoms. The van der Waals surface area contributed by atoms with Crippen LogP contribution in [0.3, 0.4) is 0 Å². The third kappa shape index (κ3) is 5.66. The van der Waals surface area contributed by atoms with E-state index in [0.29, 0.717) is 30.5 Å². The standard InChI is InChI=1S/C25H24N6O/c32-25(24(19-9-3-1-4-10-19)20-11-5-2-6-12-20)28-18-17-27-22-14-15-23(31-30-22)29-21-13-7-8-16-26-21/h1-16,24H,17-18H2,(H,27,30)(H,28,32)(H,26,29,31). The number of rotatable bonds is 9. The minimum Gasteiger partial charge on any atom is -0.367 e. The SMILES string of the molecule is O=C(NCCNc1ccc(Nc2ccccn2)nn1)C(c1ccccc1)c1ccccc1. The molecule has 7 heteroatoms. The minimum atomic E-state index is -0.353. The van der Waals surface area contributed by atoms with E-state index in [1.165, 1.54) is 0 Å². The van der Waals surface area contributed by atoms with Crippen LogP contribution in [0.15, 0.2) is 97.2 Å². The molecule has 0 unspecified atom stereocenters. The first kappa shape index (κ1) is 21.0. The van der Waals surface area contributed by atoms with Gasteiger partial charge in [-0.15, -0.1) is 10.2 Å². The van der Waals surface area contributed by atoms with Crippen LogP contribution in [0.25, 0.3) is 0 Å². The van der Waals surface area contributed by atoms with Gasteiger partial charge in [0.2, 0.25) is 5.91 Å². The van der Waals surface area contributed by atoms with E-state index in [-0.39, 0.29) is 11.8 Å². The third-order valence-corrected chi connectivity index (χ3v) is 4.84. The average molecular weight is 425 g/mol. The smallest absolute Gasteiger partial charge is 0.232 e. The van der Waals surface area contributed by atoms with Crippen LogP contribution in [0, 0.1) is 0 Å². The lowest BCUT2D eigenvalue weighted by Gasteiger charge is -2.18. The molecule has 0 aliphatic heterocycles. The third-order valence-electron chi connectivity index (χ3n) is 4.84. The molecule has 4 aromatic rings. The number of hydrogen-bond donors (Lipinski definition) is 3. The second-order valence-electron chi connectivity index (χ2n) is 7.12. The molecule has 4 rings (SSSR count). The van der Waals surface area contributed by atoms with Gasteiger partial charge in [-0.1, -0.05) is 66.7 Å². The van der Waals surface area contributed by atoms with Gasteiger partial charge in [-0.3, -0.25) is 4.79 Å². The Morgan fingerprint density at radius 1 is 0.688 bits per heavy atom. The van der Waals surface area contributed by atoms with Gasteiger partial charge in [0.1, 0.15) is 11.6 Å². The van der Waals surface area contributed by atoms with Crippen molar-refractivity contribution in [2.24, 2.45) is 0 Å². The summed E-state index contributed by atoms with van der Waals surface area (Å²) in [5.74, 6) is 1.56. The summed E-state index contributed by atoms with van der Waals surface area (Å²) in [5, 5.41) is 17.6. The summed E-state index contributed by atoms with van der Waals surface area (Å²) < 4.78 is 0. The maximum absolute atomic E-state index is 13.0. The summed E-state index contributed by atoms with van der Waals surface area (Å²) in [7, 11) is 0. The van der Waals surface area contributed by atoms with Gasteiger partial charge >= 0.3 is 0 Å². The zero-order chi connectivity index (χ0) is 22.0. The van der Waals surface area contributed by atoms with E-state index in [2.05, 4.69) is 31.1 Å². The van der Waals surface area contributed by atoms with Gasteiger partial charge < -0.3 is 16.0 Å². The molecule has 0 saturated carbocycles. The van der Waals surface area contributed by atoms with Crippen molar-refractivity contribution in [3.63, 3.8) is 0 Å². The van der Waals surface area contributed by atoms with E-state index in [4.69, 9.17) is 0 Å². The number of carbonyl (C=O) groups is 1. The molecular weight excluding hydrogens is 400 g/mol. The highest BCUT2D eigenvalue weighted by atomic mass is 16.1. The van der Waals surface area contributed by atoms with E-state index in [0.717, 1.165) is 11.1 Å². The number of benzene rings is 2. The number of nitrogens with one attached hydrogen (secondary N) is 3. The average Bonchev–Trinajstić information content (AvgIpc) is 2.85. The van der Waals surface area contributed by atoms with E-state index in [1.54, 1.807) is 6.20 Å². The Morgan fingerprint density at radius 2 is 1.31 bits per heavy atom. The Bertz CT molecular complexity index is 1070. The highest BCUT2D eigenvalue weighted by Gasteiger charge is 2.21. The molecule has 0 saturated heterocycles. The highest BCUT2D eigenvalue weighted by Crippen LogP contribution is 2.24. The van der Waals surface area contributed by atoms with E-state index >= 15 is 0 Å². The molecule has 160 valence electrons. The fraction of sp³-hybridized carbons (Fsp3) is 0.120. The molecule has 2 heterocycles. The zero-order valence-electron chi connectivity index (χ0n) is 17.5. The number of anilines is 3. The molecule has 0 radical (unpaired) electrons. The molecule has 0 aliphatic carbocycles. The molecule has 2 aromatic heterocycles. The van der Waals surface area contributed by atoms with Gasteiger partial charge in [0, 0.05) is 19.3 Å². The topological polar surface area (TPSA) is 91.8 Å². The summed E-state index contributed by atoms with van der Waals surface area (Å²) in [4.78, 5) is 17.2. The fourth-order valence-electron chi connectivity index (χ4n) is 3.33. The number of hydrogen-bond acceptors (Lipinski definition) is 6. The van der Waals surface area contributed by atoms with Crippen molar-refractivity contribution in [3.8, 4) is 0 Å². The number of carbonyl (C=O) groups excluding carboxylic acids is 1. The van der Waals surface area contributed by atoms with Crippen molar-refractivity contribution >= 4 is 23.4 Å². The van der Waals surface area contributed by atoms with Crippen LogP contribution < -0.4 is 16.0 Å². The fourth-order valence-corrected chi connectivity index (χ4v) is 3.33. The quantitative estimate of drug-likeness (QED) is 0.352. The van der Waals surface area contributed by atoms with E-state index in [9.17, 15) is 4.79 Å². The van der Waals surface area contributed by atoms with Crippen molar-refractivity contribution < 1.29 is 4.79 Å². The van der Waals surface area contributed by atoms with Crippen LogP contribution in [-0.4, -0.2) is 34.2 Å². The summed E-state index contributed by atoms with van der Waals surface area (Å²) in [6, 6.07) is 28.9. The normalized spacial score (nSPS) is 10.5. The summed E-state index contributed by atoms with van der Waals surface area (Å²) in [6.07, 6.45) is 1.71. The van der Waals surface area contributed by atoms with Crippen LogP contribution in [0.2, 0.25) is 0 Å². The van der Waals surface area contributed by atoms with Crippen molar-refractivity contribution in [2.75, 3.05) is 23.7 Å². The van der Waals surface area contributed by atoms with Gasteiger partial charge in [0.25, 0.3) is 0 Å². The van der Waals surface area contributed by atoms with E-state index < -0.39 is 0 Å². The lowest BCUT2D eigenvalue weighted by Crippen LogP contribution is -2.33. The van der Waals surface area contributed by atoms with Crippen LogP contribution in [-0.2, 0) is 4.79 Å². The van der Waals surface area contributed by atoms with Gasteiger partial charge in [0.05, 0.1) is 5.92 Å². The Labute approximate surface area is 187 Å². The summed E-state index contributed by atoms with van der Waals surface area (Å²) in [5.41, 5.74) is 1.93. The van der Waals surface area contributed by atoms with Crippen molar-refractivity contribution in [3.05, 3.63) is 108 Å². The second-order valence-corrected chi connectivity index (χ2v) is 7.12. The highest BCUT2D eigenvalue weighted by molar-refractivity contribution is 5.87. The molecule has 0 aliphatic rings. The van der Waals surface area contributed by atoms with Gasteiger partial charge in [-0.05, 0) is 35.4 Å². The maximum Gasteiger partial charge on any atom is 0.232 e. The molecule has 0 fully saturated rings. The number of aromatic nitrogens is 3. The molecular formula is C25H24N6O. The van der Waals surface area contributed by atoms with Gasteiger partial charge in [0.15, 0.2) is 5.82 Å². The van der Waals surface area contributed by atoms with Crippen LogP contribution >= 0.6 is 0 Å². The predicted octanol–water partition coefficient (Wildman–Crippen LogP) is 3.98. The summed E-state index contributed by atoms with van der Waals surface area (Å²) in [6.45, 7) is 0.994. The lowest BCUT2D eigenvalue weighted by atomic mass is 9.90. The maximum atomic E-state index is 13.0. The minimum absolute atomic E-state index is 0.0369. The second kappa shape index (κ2) is 10.7. The van der Waals surface area contributed by atoms with Crippen molar-refractivity contribution in [1.82, 2.24) is 20.5 Å². The largest absolute Gasteiger partial charge is 0.367 e. The number of nitrogens with zero attached hydrogens (tertiary/aromatic N) is 3. The zero-order valence-corrected chi connectivity index (χ0v) is 17.5. The summed E-state index contributed by atoms with van der Waals surface area (Å²) >= 11 is 0. The first-order valence-electron chi connectivity index (χ1n) is 10.4. The molecule has 2 aromatic carbocycles. The van der Waals surface area contributed by atoms with Crippen molar-refractivity contribution in [2.45, 2.75) is 5.92 Å². The van der Waals surface area contributed by atoms with Gasteiger partial charge in [-0.2, -0.15) is 0 Å². The Morgan fingerprint density at radius 3 is 1.91 bits per heavy atom. The molecule has 0 atom stereocenters. The Kier molecular flexibility index (Phi) is 7.00. The first-order valence-corrected chi connectivity index (χ1v) is 10.4. The molecule has 7 nitrogen and oxygen atoms in total. The van der Waals surface area contributed by atoms with E-state index in [1.807, 2.05) is 91.0 Å². The Balaban J connectivity index is 1.30. The first-order chi connectivity index (χ1) is 15.8. The number of amides is 1. The van der Waals surface area contributed by atoms with Crippen molar-refractivity contribution in [1.29, 1.82) is 0 Å². The Hall–Kier alpha value is -4.26. The molecule has 3 N–H and O–H groups in total. The van der Waals surface area contributed by atoms with Crippen LogP contribution in [0.1, 0.15) is 17.0 Å². The van der Waals surface area contributed by atoms with Gasteiger partial charge in [-0.25, -0.2) is 4.98 Å². The van der Waals surface area contributed by atoms with Crippen LogP contribution in [0.4, 0.5) is 17.5 Å². The molecule has 32 heavy (non-hydrogen) atoms. The molecule has 1 amide bonds.